The first-order valence-corrected chi connectivity index (χ1v) is 6.31. The van der Waals surface area contributed by atoms with Gasteiger partial charge in [0.15, 0.2) is 11.5 Å². The standard InChI is InChI=1S/C16H13NO5/c18-13-7-6-10(9-14(13)19)8-12(16(21)22)17-15(20)11-4-2-1-3-5-11/h1-9,18-19H,(H,17,20)(H,21,22)/b12-8-. The number of benzene rings is 2. The molecule has 0 unspecified atom stereocenters. The summed E-state index contributed by atoms with van der Waals surface area (Å²) in [5, 5.41) is 30.1. The maximum absolute atomic E-state index is 12.0. The number of phenolic OH excluding ortho intramolecular Hbond substituents is 2. The molecule has 2 aromatic rings. The molecule has 0 saturated heterocycles. The average Bonchev–Trinajstić information content (AvgIpc) is 2.51. The molecule has 0 aromatic heterocycles. The van der Waals surface area contributed by atoms with Gasteiger partial charge in [-0.05, 0) is 35.9 Å². The summed E-state index contributed by atoms with van der Waals surface area (Å²) in [6.45, 7) is 0. The SMILES string of the molecule is O=C(O)/C(=C/c1ccc(O)c(O)c1)NC(=O)c1ccccc1. The molecule has 0 fully saturated rings. The maximum atomic E-state index is 12.0. The van der Waals surface area contributed by atoms with E-state index in [1.54, 1.807) is 30.3 Å². The van der Waals surface area contributed by atoms with Crippen molar-refractivity contribution in [3.63, 3.8) is 0 Å². The van der Waals surface area contributed by atoms with Gasteiger partial charge < -0.3 is 20.6 Å². The van der Waals surface area contributed by atoms with E-state index in [2.05, 4.69) is 5.32 Å². The second-order valence-corrected chi connectivity index (χ2v) is 4.43. The van der Waals surface area contributed by atoms with Crippen LogP contribution in [0.5, 0.6) is 11.5 Å². The van der Waals surface area contributed by atoms with Gasteiger partial charge in [-0.3, -0.25) is 4.79 Å². The molecule has 0 heterocycles. The fraction of sp³-hybridized carbons (Fsp3) is 0. The topological polar surface area (TPSA) is 107 Å². The van der Waals surface area contributed by atoms with Gasteiger partial charge in [0, 0.05) is 5.56 Å². The number of carbonyl (C=O) groups is 2. The fourth-order valence-corrected chi connectivity index (χ4v) is 1.73. The normalized spacial score (nSPS) is 11.0. The van der Waals surface area contributed by atoms with Gasteiger partial charge in [0.1, 0.15) is 5.70 Å². The third kappa shape index (κ3) is 3.63. The van der Waals surface area contributed by atoms with Crippen molar-refractivity contribution in [3.8, 4) is 11.5 Å². The van der Waals surface area contributed by atoms with Crippen molar-refractivity contribution >= 4 is 18.0 Å². The summed E-state index contributed by atoms with van der Waals surface area (Å²) in [5.74, 6) is -2.58. The summed E-state index contributed by atoms with van der Waals surface area (Å²) in [6.07, 6.45) is 1.18. The minimum absolute atomic E-state index is 0.317. The molecule has 0 bridgehead atoms. The number of hydrogen-bond donors (Lipinski definition) is 4. The molecule has 6 heteroatoms. The Kier molecular flexibility index (Phi) is 4.43. The molecule has 0 spiro atoms. The van der Waals surface area contributed by atoms with Crippen LogP contribution in [-0.2, 0) is 4.79 Å². The van der Waals surface area contributed by atoms with Crippen LogP contribution in [0.15, 0.2) is 54.2 Å². The lowest BCUT2D eigenvalue weighted by atomic mass is 10.1. The van der Waals surface area contributed by atoms with Crippen LogP contribution in [0.4, 0.5) is 0 Å². The minimum Gasteiger partial charge on any atom is -0.504 e. The van der Waals surface area contributed by atoms with Crippen LogP contribution in [-0.4, -0.2) is 27.2 Å². The smallest absolute Gasteiger partial charge is 0.352 e. The van der Waals surface area contributed by atoms with E-state index in [0.717, 1.165) is 0 Å². The molecule has 0 saturated carbocycles. The highest BCUT2D eigenvalue weighted by Gasteiger charge is 2.13. The predicted octanol–water partition coefficient (Wildman–Crippen LogP) is 1.95. The van der Waals surface area contributed by atoms with Gasteiger partial charge in [0.2, 0.25) is 0 Å². The number of aromatic hydroxyl groups is 2. The number of aliphatic carboxylic acids is 1. The van der Waals surface area contributed by atoms with E-state index in [9.17, 15) is 19.8 Å². The van der Waals surface area contributed by atoms with E-state index in [0.29, 0.717) is 11.1 Å². The van der Waals surface area contributed by atoms with Crippen molar-refractivity contribution in [3.05, 3.63) is 65.4 Å². The number of phenols is 2. The zero-order valence-electron chi connectivity index (χ0n) is 11.4. The van der Waals surface area contributed by atoms with Crippen LogP contribution in [0.1, 0.15) is 15.9 Å². The lowest BCUT2D eigenvalue weighted by molar-refractivity contribution is -0.132. The van der Waals surface area contributed by atoms with Crippen LogP contribution in [0.2, 0.25) is 0 Å². The quantitative estimate of drug-likeness (QED) is 0.510. The van der Waals surface area contributed by atoms with E-state index in [1.165, 1.54) is 24.3 Å². The Morgan fingerprint density at radius 3 is 2.23 bits per heavy atom. The summed E-state index contributed by atoms with van der Waals surface area (Å²) in [6, 6.07) is 12.0. The van der Waals surface area contributed by atoms with E-state index in [-0.39, 0.29) is 17.2 Å². The van der Waals surface area contributed by atoms with Crippen molar-refractivity contribution in [2.45, 2.75) is 0 Å². The molecule has 112 valence electrons. The number of hydrogen-bond acceptors (Lipinski definition) is 4. The van der Waals surface area contributed by atoms with Gasteiger partial charge in [0.05, 0.1) is 0 Å². The van der Waals surface area contributed by atoms with Crippen molar-refractivity contribution in [2.75, 3.05) is 0 Å². The molecule has 6 nitrogen and oxygen atoms in total. The fourth-order valence-electron chi connectivity index (χ4n) is 1.73. The zero-order chi connectivity index (χ0) is 16.1. The highest BCUT2D eigenvalue weighted by atomic mass is 16.4. The molecule has 0 aliphatic heterocycles. The first-order valence-electron chi connectivity index (χ1n) is 6.31. The van der Waals surface area contributed by atoms with Crippen molar-refractivity contribution in [1.82, 2.24) is 5.32 Å². The minimum atomic E-state index is -1.32. The second-order valence-electron chi connectivity index (χ2n) is 4.43. The van der Waals surface area contributed by atoms with Gasteiger partial charge in [-0.2, -0.15) is 0 Å². The van der Waals surface area contributed by atoms with Gasteiger partial charge >= 0.3 is 5.97 Å². The summed E-state index contributed by atoms with van der Waals surface area (Å²) < 4.78 is 0. The molecule has 0 aliphatic rings. The molecule has 2 rings (SSSR count). The molecule has 0 radical (unpaired) electrons. The van der Waals surface area contributed by atoms with E-state index in [1.807, 2.05) is 0 Å². The third-order valence-corrected chi connectivity index (χ3v) is 2.83. The summed E-state index contributed by atoms with van der Waals surface area (Å²) in [4.78, 5) is 23.2. The van der Waals surface area contributed by atoms with Crippen LogP contribution in [0.25, 0.3) is 6.08 Å². The summed E-state index contributed by atoms with van der Waals surface area (Å²) >= 11 is 0. The van der Waals surface area contributed by atoms with Crippen molar-refractivity contribution < 1.29 is 24.9 Å². The van der Waals surface area contributed by atoms with E-state index >= 15 is 0 Å². The summed E-state index contributed by atoms with van der Waals surface area (Å²) in [7, 11) is 0. The maximum Gasteiger partial charge on any atom is 0.352 e. The molecule has 0 atom stereocenters. The molecular formula is C16H13NO5. The Morgan fingerprint density at radius 2 is 1.64 bits per heavy atom. The Morgan fingerprint density at radius 1 is 0.955 bits per heavy atom. The van der Waals surface area contributed by atoms with Crippen molar-refractivity contribution in [2.24, 2.45) is 0 Å². The number of carboxylic acids is 1. The lowest BCUT2D eigenvalue weighted by Gasteiger charge is -2.06. The average molecular weight is 299 g/mol. The molecule has 2 aromatic carbocycles. The second kappa shape index (κ2) is 6.45. The van der Waals surface area contributed by atoms with Gasteiger partial charge in [0.25, 0.3) is 5.91 Å². The van der Waals surface area contributed by atoms with Crippen LogP contribution in [0.3, 0.4) is 0 Å². The molecule has 1 amide bonds. The molecule has 22 heavy (non-hydrogen) atoms. The molecular weight excluding hydrogens is 286 g/mol. The van der Waals surface area contributed by atoms with E-state index in [4.69, 9.17) is 5.11 Å². The summed E-state index contributed by atoms with van der Waals surface area (Å²) in [5.41, 5.74) is 0.295. The van der Waals surface area contributed by atoms with E-state index < -0.39 is 11.9 Å². The van der Waals surface area contributed by atoms with Crippen molar-refractivity contribution in [1.29, 1.82) is 0 Å². The highest BCUT2D eigenvalue weighted by Crippen LogP contribution is 2.25. The Hall–Kier alpha value is -3.28. The zero-order valence-corrected chi connectivity index (χ0v) is 11.4. The number of nitrogens with one attached hydrogen (secondary N) is 1. The van der Waals surface area contributed by atoms with Gasteiger partial charge in [-0.25, -0.2) is 4.79 Å². The number of carboxylic acid groups (broad SMARTS) is 1. The van der Waals surface area contributed by atoms with Crippen LogP contribution in [0, 0.1) is 0 Å². The Labute approximate surface area is 126 Å². The van der Waals surface area contributed by atoms with Gasteiger partial charge in [-0.15, -0.1) is 0 Å². The lowest BCUT2D eigenvalue weighted by Crippen LogP contribution is -2.27. The number of carbonyl (C=O) groups excluding carboxylic acids is 1. The Bertz CT molecular complexity index is 737. The Balaban J connectivity index is 2.26. The number of rotatable bonds is 4. The van der Waals surface area contributed by atoms with Gasteiger partial charge in [-0.1, -0.05) is 24.3 Å². The largest absolute Gasteiger partial charge is 0.504 e. The van der Waals surface area contributed by atoms with Crippen LogP contribution < -0.4 is 5.32 Å². The first kappa shape index (κ1) is 15.1. The first-order chi connectivity index (χ1) is 10.5. The van der Waals surface area contributed by atoms with Crippen LogP contribution >= 0.6 is 0 Å². The third-order valence-electron chi connectivity index (χ3n) is 2.83. The monoisotopic (exact) mass is 299 g/mol. The highest BCUT2D eigenvalue weighted by molar-refractivity contribution is 6.02. The molecule has 0 aliphatic carbocycles. The number of amides is 1. The molecule has 4 N–H and O–H groups in total. The predicted molar refractivity (Wildman–Crippen MR) is 79.3 cm³/mol.